The van der Waals surface area contributed by atoms with Gasteiger partial charge < -0.3 is 20.1 Å². The molecule has 0 saturated carbocycles. The molecular weight excluding hydrogens is 380 g/mol. The number of ether oxygens (including phenoxy) is 2. The maximum Gasteiger partial charge on any atom is 0.248 e. The van der Waals surface area contributed by atoms with Gasteiger partial charge in [-0.25, -0.2) is 0 Å². The van der Waals surface area contributed by atoms with Gasteiger partial charge in [0.15, 0.2) is 0 Å². The van der Waals surface area contributed by atoms with Gasteiger partial charge in [-0.1, -0.05) is 24.3 Å². The minimum absolute atomic E-state index is 0.0632. The van der Waals surface area contributed by atoms with E-state index in [2.05, 4.69) is 22.8 Å². The van der Waals surface area contributed by atoms with E-state index in [4.69, 9.17) is 9.47 Å². The average Bonchev–Trinajstić information content (AvgIpc) is 3.26. The minimum Gasteiger partial charge on any atom is -0.497 e. The Balaban J connectivity index is 1.65. The fraction of sp³-hybridized carbons (Fsp3) is 0.250. The smallest absolute Gasteiger partial charge is 0.248 e. The normalized spacial score (nSPS) is 15.2. The molecule has 0 aromatic heterocycles. The van der Waals surface area contributed by atoms with E-state index >= 15 is 0 Å². The Morgan fingerprint density at radius 2 is 1.83 bits per heavy atom. The monoisotopic (exact) mass is 406 g/mol. The zero-order chi connectivity index (χ0) is 21.3. The SMILES string of the molecule is COc1ccc(C=CC(=O)Nc2ccccc2NC(=O)CC2C=CCC2)c(OC)c1. The van der Waals surface area contributed by atoms with Crippen LogP contribution < -0.4 is 20.1 Å². The highest BCUT2D eigenvalue weighted by atomic mass is 16.5. The predicted molar refractivity (Wildman–Crippen MR) is 119 cm³/mol. The summed E-state index contributed by atoms with van der Waals surface area (Å²) in [5.41, 5.74) is 1.87. The van der Waals surface area contributed by atoms with Crippen LogP contribution >= 0.6 is 0 Å². The molecule has 0 saturated heterocycles. The Kier molecular flexibility index (Phi) is 7.27. The van der Waals surface area contributed by atoms with Crippen molar-refractivity contribution in [3.63, 3.8) is 0 Å². The van der Waals surface area contributed by atoms with E-state index < -0.39 is 0 Å². The second kappa shape index (κ2) is 10.3. The molecule has 156 valence electrons. The predicted octanol–water partition coefficient (Wildman–Crippen LogP) is 4.65. The van der Waals surface area contributed by atoms with Crippen molar-refractivity contribution < 1.29 is 19.1 Å². The van der Waals surface area contributed by atoms with Gasteiger partial charge in [0.05, 0.1) is 25.6 Å². The van der Waals surface area contributed by atoms with Gasteiger partial charge in [-0.15, -0.1) is 0 Å². The molecule has 0 aliphatic heterocycles. The number of carbonyl (C=O) groups is 2. The van der Waals surface area contributed by atoms with Crippen LogP contribution in [-0.4, -0.2) is 26.0 Å². The lowest BCUT2D eigenvalue weighted by Crippen LogP contribution is -2.17. The van der Waals surface area contributed by atoms with Crippen LogP contribution in [0, 0.1) is 5.92 Å². The summed E-state index contributed by atoms with van der Waals surface area (Å²) < 4.78 is 10.5. The summed E-state index contributed by atoms with van der Waals surface area (Å²) in [7, 11) is 3.14. The summed E-state index contributed by atoms with van der Waals surface area (Å²) >= 11 is 0. The van der Waals surface area contributed by atoms with Gasteiger partial charge in [0.1, 0.15) is 11.5 Å². The van der Waals surface area contributed by atoms with Crippen LogP contribution in [0.3, 0.4) is 0 Å². The van der Waals surface area contributed by atoms with E-state index in [1.54, 1.807) is 50.6 Å². The van der Waals surface area contributed by atoms with Crippen molar-refractivity contribution in [1.29, 1.82) is 0 Å². The second-order valence-corrected chi connectivity index (χ2v) is 6.99. The topological polar surface area (TPSA) is 76.7 Å². The molecule has 2 aromatic carbocycles. The molecule has 1 unspecified atom stereocenters. The number of rotatable bonds is 8. The molecule has 30 heavy (non-hydrogen) atoms. The Morgan fingerprint density at radius 3 is 2.50 bits per heavy atom. The summed E-state index contributed by atoms with van der Waals surface area (Å²) in [6.45, 7) is 0. The highest BCUT2D eigenvalue weighted by Crippen LogP contribution is 2.26. The fourth-order valence-electron chi connectivity index (χ4n) is 3.30. The first-order valence-corrected chi connectivity index (χ1v) is 9.85. The van der Waals surface area contributed by atoms with E-state index in [-0.39, 0.29) is 17.7 Å². The number of benzene rings is 2. The van der Waals surface area contributed by atoms with E-state index in [0.717, 1.165) is 18.4 Å². The summed E-state index contributed by atoms with van der Waals surface area (Å²) in [5.74, 6) is 1.19. The Bertz CT molecular complexity index is 965. The van der Waals surface area contributed by atoms with Crippen LogP contribution in [-0.2, 0) is 9.59 Å². The van der Waals surface area contributed by atoms with E-state index in [9.17, 15) is 9.59 Å². The summed E-state index contributed by atoms with van der Waals surface area (Å²) in [6.07, 6.45) is 9.76. The number of nitrogens with one attached hydrogen (secondary N) is 2. The third-order valence-corrected chi connectivity index (χ3v) is 4.87. The van der Waals surface area contributed by atoms with Crippen molar-refractivity contribution in [3.05, 3.63) is 66.3 Å². The quantitative estimate of drug-likeness (QED) is 0.494. The lowest BCUT2D eigenvalue weighted by molar-refractivity contribution is -0.117. The van der Waals surface area contributed by atoms with Crippen molar-refractivity contribution in [2.75, 3.05) is 24.9 Å². The van der Waals surface area contributed by atoms with Crippen LogP contribution in [0.4, 0.5) is 11.4 Å². The molecule has 0 spiro atoms. The first-order chi connectivity index (χ1) is 14.6. The van der Waals surface area contributed by atoms with Crippen molar-refractivity contribution in [3.8, 4) is 11.5 Å². The maximum atomic E-state index is 12.4. The molecule has 1 atom stereocenters. The number of hydrogen-bond donors (Lipinski definition) is 2. The highest BCUT2D eigenvalue weighted by molar-refractivity contribution is 6.05. The zero-order valence-corrected chi connectivity index (χ0v) is 17.2. The third kappa shape index (κ3) is 5.73. The van der Waals surface area contributed by atoms with E-state index in [1.165, 1.54) is 6.08 Å². The first-order valence-electron chi connectivity index (χ1n) is 9.85. The number of amides is 2. The number of allylic oxidation sites excluding steroid dienone is 2. The van der Waals surface area contributed by atoms with Gasteiger partial charge >= 0.3 is 0 Å². The van der Waals surface area contributed by atoms with Gasteiger partial charge in [0.2, 0.25) is 11.8 Å². The fourth-order valence-corrected chi connectivity index (χ4v) is 3.30. The number of hydrogen-bond acceptors (Lipinski definition) is 4. The molecule has 3 rings (SSSR count). The lowest BCUT2D eigenvalue weighted by Gasteiger charge is -2.13. The van der Waals surface area contributed by atoms with Crippen molar-refractivity contribution in [2.45, 2.75) is 19.3 Å². The molecule has 0 fully saturated rings. The molecule has 0 radical (unpaired) electrons. The van der Waals surface area contributed by atoms with Gasteiger partial charge in [-0.3, -0.25) is 9.59 Å². The molecule has 1 aliphatic carbocycles. The van der Waals surface area contributed by atoms with Gasteiger partial charge in [0.25, 0.3) is 0 Å². The molecule has 2 aromatic rings. The molecule has 6 nitrogen and oxygen atoms in total. The van der Waals surface area contributed by atoms with Gasteiger partial charge in [-0.2, -0.15) is 0 Å². The van der Waals surface area contributed by atoms with Crippen molar-refractivity contribution in [2.24, 2.45) is 5.92 Å². The van der Waals surface area contributed by atoms with Gasteiger partial charge in [-0.05, 0) is 49.1 Å². The number of methoxy groups -OCH3 is 2. The summed E-state index contributed by atoms with van der Waals surface area (Å²) in [5, 5.41) is 5.72. The minimum atomic E-state index is -0.312. The van der Waals surface area contributed by atoms with Crippen molar-refractivity contribution in [1.82, 2.24) is 0 Å². The molecule has 0 heterocycles. The van der Waals surface area contributed by atoms with E-state index in [1.807, 2.05) is 12.1 Å². The highest BCUT2D eigenvalue weighted by Gasteiger charge is 2.15. The zero-order valence-electron chi connectivity index (χ0n) is 17.2. The van der Waals surface area contributed by atoms with Crippen molar-refractivity contribution >= 4 is 29.3 Å². The largest absolute Gasteiger partial charge is 0.497 e. The second-order valence-electron chi connectivity index (χ2n) is 6.99. The average molecular weight is 406 g/mol. The Hall–Kier alpha value is -3.54. The van der Waals surface area contributed by atoms with E-state index in [0.29, 0.717) is 29.3 Å². The summed E-state index contributed by atoms with van der Waals surface area (Å²) in [4.78, 5) is 24.8. The number of para-hydroxylation sites is 2. The standard InChI is InChI=1S/C24H26N2O4/c1-29-19-13-11-18(22(16-19)30-2)12-14-23(27)25-20-9-5-6-10-21(20)26-24(28)15-17-7-3-4-8-17/h3,5-7,9-14,16-17H,4,8,15H2,1-2H3,(H,25,27)(H,26,28). The van der Waals surface area contributed by atoms with Crippen LogP contribution in [0.25, 0.3) is 6.08 Å². The molecule has 2 N–H and O–H groups in total. The van der Waals surface area contributed by atoms with Crippen LogP contribution in [0.1, 0.15) is 24.8 Å². The molecule has 0 bridgehead atoms. The van der Waals surface area contributed by atoms with Crippen LogP contribution in [0.2, 0.25) is 0 Å². The van der Waals surface area contributed by atoms with Crippen LogP contribution in [0.15, 0.2) is 60.7 Å². The lowest BCUT2D eigenvalue weighted by atomic mass is 10.0. The number of anilines is 2. The third-order valence-electron chi connectivity index (χ3n) is 4.87. The maximum absolute atomic E-state index is 12.4. The molecule has 1 aliphatic rings. The molecule has 2 amide bonds. The number of carbonyl (C=O) groups excluding carboxylic acids is 2. The van der Waals surface area contributed by atoms with Gasteiger partial charge in [0, 0.05) is 24.1 Å². The summed E-state index contributed by atoms with van der Waals surface area (Å²) in [6, 6.07) is 12.5. The Morgan fingerprint density at radius 1 is 1.07 bits per heavy atom. The van der Waals surface area contributed by atoms with Crippen LogP contribution in [0.5, 0.6) is 11.5 Å². The molecule has 6 heteroatoms. The molecular formula is C24H26N2O4. The first kappa shape index (κ1) is 21.2. The Labute approximate surface area is 176 Å².